The lowest BCUT2D eigenvalue weighted by Gasteiger charge is -2.39. The Labute approximate surface area is 203 Å². The van der Waals surface area contributed by atoms with E-state index in [2.05, 4.69) is 15.2 Å². The average Bonchev–Trinajstić information content (AvgIpc) is 3.27. The number of ketones is 1. The van der Waals surface area contributed by atoms with Gasteiger partial charge >= 0.3 is 0 Å². The molecule has 0 bridgehead atoms. The van der Waals surface area contributed by atoms with E-state index in [-0.39, 0.29) is 24.1 Å². The zero-order valence-electron chi connectivity index (χ0n) is 19.6. The number of fused-ring (bicyclic) bond motifs is 1. The maximum Gasteiger partial charge on any atom is 0.163 e. The number of hydrogen-bond donors (Lipinski definition) is 2. The van der Waals surface area contributed by atoms with Gasteiger partial charge in [0.25, 0.3) is 0 Å². The zero-order chi connectivity index (χ0) is 24.4. The van der Waals surface area contributed by atoms with E-state index in [0.717, 1.165) is 40.7 Å². The third-order valence-corrected chi connectivity index (χ3v) is 6.85. The number of ether oxygens (including phenoxy) is 1. The largest absolute Gasteiger partial charge is 0.485 e. The SMILES string of the molecule is Cc1cc(-c2n[nH]c3ccc(C(=O)CC4CCCC(CO)(Oc5cccc(F)c5)C4)cc23)ccn1. The Balaban J connectivity index is 1.34. The van der Waals surface area contributed by atoms with E-state index < -0.39 is 5.60 Å². The summed E-state index contributed by atoms with van der Waals surface area (Å²) in [6.45, 7) is 1.76. The second-order valence-electron chi connectivity index (χ2n) is 9.51. The molecule has 1 saturated carbocycles. The van der Waals surface area contributed by atoms with Crippen LogP contribution in [0.5, 0.6) is 5.75 Å². The summed E-state index contributed by atoms with van der Waals surface area (Å²) in [7, 11) is 0. The van der Waals surface area contributed by atoms with Gasteiger partial charge in [0.1, 0.15) is 22.9 Å². The van der Waals surface area contributed by atoms with Crippen LogP contribution in [-0.2, 0) is 0 Å². The Bertz CT molecular complexity index is 1370. The number of rotatable bonds is 7. The van der Waals surface area contributed by atoms with Crippen LogP contribution < -0.4 is 4.74 Å². The van der Waals surface area contributed by atoms with Crippen molar-refractivity contribution in [3.63, 3.8) is 0 Å². The highest BCUT2D eigenvalue weighted by molar-refractivity contribution is 6.02. The predicted octanol–water partition coefficient (Wildman–Crippen LogP) is 5.65. The number of Topliss-reactive ketones (excluding diaryl/α,β-unsaturated/α-hetero) is 1. The number of nitrogens with zero attached hydrogens (tertiary/aromatic N) is 2. The van der Waals surface area contributed by atoms with E-state index in [1.54, 1.807) is 18.3 Å². The van der Waals surface area contributed by atoms with Crippen LogP contribution in [0.1, 0.15) is 48.2 Å². The number of carbonyl (C=O) groups is 1. The number of carbonyl (C=O) groups excluding carboxylic acids is 1. The summed E-state index contributed by atoms with van der Waals surface area (Å²) < 4.78 is 19.7. The molecule has 0 aliphatic heterocycles. The van der Waals surface area contributed by atoms with Crippen molar-refractivity contribution in [2.24, 2.45) is 5.92 Å². The Hall–Kier alpha value is -3.58. The molecule has 6 nitrogen and oxygen atoms in total. The first-order chi connectivity index (χ1) is 16.9. The molecule has 0 spiro atoms. The highest BCUT2D eigenvalue weighted by Gasteiger charge is 2.39. The van der Waals surface area contributed by atoms with Crippen molar-refractivity contribution in [1.82, 2.24) is 15.2 Å². The molecule has 1 aliphatic carbocycles. The fourth-order valence-electron chi connectivity index (χ4n) is 5.15. The van der Waals surface area contributed by atoms with Gasteiger partial charge in [0.05, 0.1) is 12.1 Å². The molecule has 1 aliphatic rings. The van der Waals surface area contributed by atoms with Gasteiger partial charge in [-0.05, 0) is 81.0 Å². The number of aromatic nitrogens is 3. The van der Waals surface area contributed by atoms with Gasteiger partial charge in [-0.25, -0.2) is 4.39 Å². The Morgan fingerprint density at radius 1 is 1.23 bits per heavy atom. The molecule has 7 heteroatoms. The normalized spacial score (nSPS) is 20.1. The molecule has 0 saturated heterocycles. The summed E-state index contributed by atoms with van der Waals surface area (Å²) in [6.07, 6.45) is 5.04. The van der Waals surface area contributed by atoms with Crippen LogP contribution in [0.4, 0.5) is 4.39 Å². The molecule has 180 valence electrons. The van der Waals surface area contributed by atoms with E-state index in [9.17, 15) is 14.3 Å². The summed E-state index contributed by atoms with van der Waals surface area (Å²) in [5, 5.41) is 18.6. The Morgan fingerprint density at radius 3 is 2.91 bits per heavy atom. The van der Waals surface area contributed by atoms with Crippen molar-refractivity contribution >= 4 is 16.7 Å². The maximum absolute atomic E-state index is 13.6. The third-order valence-electron chi connectivity index (χ3n) is 6.85. The second-order valence-corrected chi connectivity index (χ2v) is 9.51. The minimum atomic E-state index is -0.808. The van der Waals surface area contributed by atoms with Gasteiger partial charge in [-0.3, -0.25) is 14.9 Å². The van der Waals surface area contributed by atoms with Crippen molar-refractivity contribution in [1.29, 1.82) is 0 Å². The molecule has 2 heterocycles. The molecule has 2 atom stereocenters. The van der Waals surface area contributed by atoms with Crippen LogP contribution in [0.2, 0.25) is 0 Å². The second kappa shape index (κ2) is 9.58. The zero-order valence-corrected chi connectivity index (χ0v) is 19.6. The van der Waals surface area contributed by atoms with Crippen molar-refractivity contribution in [2.75, 3.05) is 6.61 Å². The molecular weight excluding hydrogens is 445 g/mol. The van der Waals surface area contributed by atoms with Crippen molar-refractivity contribution in [2.45, 2.75) is 44.6 Å². The van der Waals surface area contributed by atoms with Gasteiger partial charge in [0, 0.05) is 40.9 Å². The molecule has 4 aromatic rings. The molecule has 1 fully saturated rings. The molecule has 5 rings (SSSR count). The van der Waals surface area contributed by atoms with Gasteiger partial charge in [-0.1, -0.05) is 6.07 Å². The minimum absolute atomic E-state index is 0.0504. The van der Waals surface area contributed by atoms with Crippen LogP contribution in [0.25, 0.3) is 22.2 Å². The Morgan fingerprint density at radius 2 is 2.11 bits per heavy atom. The lowest BCUT2D eigenvalue weighted by atomic mass is 9.76. The smallest absolute Gasteiger partial charge is 0.163 e. The average molecular weight is 474 g/mol. The molecule has 2 unspecified atom stereocenters. The van der Waals surface area contributed by atoms with Gasteiger partial charge in [0.15, 0.2) is 5.78 Å². The first-order valence-corrected chi connectivity index (χ1v) is 11.9. The molecule has 0 amide bonds. The summed E-state index contributed by atoms with van der Waals surface area (Å²) in [4.78, 5) is 17.5. The molecule has 2 aromatic carbocycles. The van der Waals surface area contributed by atoms with Crippen molar-refractivity contribution in [3.05, 3.63) is 77.9 Å². The molecule has 2 aromatic heterocycles. The lowest BCUT2D eigenvalue weighted by Crippen LogP contribution is -2.45. The quantitative estimate of drug-likeness (QED) is 0.339. The summed E-state index contributed by atoms with van der Waals surface area (Å²) in [5.74, 6) is 0.137. The van der Waals surface area contributed by atoms with Crippen LogP contribution in [-0.4, -0.2) is 38.3 Å². The molecule has 35 heavy (non-hydrogen) atoms. The van der Waals surface area contributed by atoms with Gasteiger partial charge in [-0.2, -0.15) is 5.10 Å². The van der Waals surface area contributed by atoms with Gasteiger partial charge in [-0.15, -0.1) is 0 Å². The number of aromatic amines is 1. The maximum atomic E-state index is 13.6. The van der Waals surface area contributed by atoms with Crippen LogP contribution in [0.15, 0.2) is 60.8 Å². The summed E-state index contributed by atoms with van der Waals surface area (Å²) in [5.41, 5.74) is 3.33. The van der Waals surface area contributed by atoms with Gasteiger partial charge < -0.3 is 9.84 Å². The first-order valence-electron chi connectivity index (χ1n) is 11.9. The number of aliphatic hydroxyl groups is 1. The van der Waals surface area contributed by atoms with E-state index in [4.69, 9.17) is 4.74 Å². The minimum Gasteiger partial charge on any atom is -0.485 e. The topological polar surface area (TPSA) is 88.1 Å². The summed E-state index contributed by atoms with van der Waals surface area (Å²) >= 11 is 0. The van der Waals surface area contributed by atoms with Crippen LogP contribution in [0, 0.1) is 18.7 Å². The third kappa shape index (κ3) is 4.95. The molecule has 0 radical (unpaired) electrons. The van der Waals surface area contributed by atoms with Gasteiger partial charge in [0.2, 0.25) is 0 Å². The van der Waals surface area contributed by atoms with E-state index in [1.165, 1.54) is 12.1 Å². The monoisotopic (exact) mass is 473 g/mol. The summed E-state index contributed by atoms with van der Waals surface area (Å²) in [6, 6.07) is 15.5. The van der Waals surface area contributed by atoms with Crippen molar-refractivity contribution < 1.29 is 19.0 Å². The number of hydrogen-bond acceptors (Lipinski definition) is 5. The molecular formula is C28H28FN3O3. The predicted molar refractivity (Wildman–Crippen MR) is 132 cm³/mol. The highest BCUT2D eigenvalue weighted by Crippen LogP contribution is 2.38. The standard InChI is InChI=1S/C28H28FN3O3/c1-18-12-21(9-11-30-18)27-24-14-20(7-8-25(24)31-32-27)26(34)13-19-4-3-10-28(16-19,17-33)35-23-6-2-5-22(29)15-23/h2,5-9,11-12,14-15,19,33H,3-4,10,13,16-17H2,1H3,(H,31,32). The number of aliphatic hydroxyl groups excluding tert-OH is 1. The Kier molecular flexibility index (Phi) is 6.34. The number of halogens is 1. The fraction of sp³-hybridized carbons (Fsp3) is 0.321. The van der Waals surface area contributed by atoms with E-state index >= 15 is 0 Å². The number of pyridine rings is 1. The number of benzene rings is 2. The molecule has 2 N–H and O–H groups in total. The fourth-order valence-corrected chi connectivity index (χ4v) is 5.15. The lowest BCUT2D eigenvalue weighted by molar-refractivity contribution is -0.0362. The van der Waals surface area contributed by atoms with E-state index in [0.29, 0.717) is 30.6 Å². The van der Waals surface area contributed by atoms with E-state index in [1.807, 2.05) is 37.3 Å². The van der Waals surface area contributed by atoms with Crippen LogP contribution in [0.3, 0.4) is 0 Å². The number of nitrogens with one attached hydrogen (secondary N) is 1. The van der Waals surface area contributed by atoms with Crippen molar-refractivity contribution in [3.8, 4) is 17.0 Å². The first kappa shape index (κ1) is 23.2. The number of aryl methyl sites for hydroxylation is 1. The van der Waals surface area contributed by atoms with Crippen LogP contribution >= 0.6 is 0 Å². The number of H-pyrrole nitrogens is 1. The highest BCUT2D eigenvalue weighted by atomic mass is 19.1.